The number of rotatable bonds is 4. The quantitative estimate of drug-likeness (QED) is 0.641. The minimum absolute atomic E-state index is 0.261. The molecule has 6 heteroatoms. The highest BCUT2D eigenvalue weighted by Gasteiger charge is 2.17. The smallest absolute Gasteiger partial charge is 0.189 e. The lowest BCUT2D eigenvalue weighted by Gasteiger charge is -2.11. The van der Waals surface area contributed by atoms with Crippen molar-refractivity contribution >= 4 is 21.9 Å². The van der Waals surface area contributed by atoms with Crippen molar-refractivity contribution in [2.75, 3.05) is 19.8 Å². The summed E-state index contributed by atoms with van der Waals surface area (Å²) in [6.07, 6.45) is 3.44. The van der Waals surface area contributed by atoms with Crippen LogP contribution in [0.15, 0.2) is 21.6 Å². The first-order valence-electron chi connectivity index (χ1n) is 7.32. The van der Waals surface area contributed by atoms with Crippen LogP contribution in [0.5, 0.6) is 5.75 Å². The zero-order chi connectivity index (χ0) is 14.7. The van der Waals surface area contributed by atoms with Gasteiger partial charge in [-0.05, 0) is 30.5 Å². The molecule has 3 rings (SSSR count). The number of hydrogen-bond acceptors (Lipinski definition) is 3. The number of nitrogens with zero attached hydrogens (tertiary/aromatic N) is 1. The third-order valence-corrected chi connectivity index (χ3v) is 4.24. The molecule has 0 saturated carbocycles. The van der Waals surface area contributed by atoms with E-state index >= 15 is 0 Å². The van der Waals surface area contributed by atoms with Gasteiger partial charge in [0.2, 0.25) is 0 Å². The summed E-state index contributed by atoms with van der Waals surface area (Å²) in [5.74, 6) is 1.42. The molecular weight excluding hydrogens is 334 g/mol. The van der Waals surface area contributed by atoms with E-state index in [0.717, 1.165) is 54.8 Å². The van der Waals surface area contributed by atoms with Crippen LogP contribution in [0.3, 0.4) is 0 Å². The van der Waals surface area contributed by atoms with Gasteiger partial charge in [-0.2, -0.15) is 0 Å². The van der Waals surface area contributed by atoms with Crippen molar-refractivity contribution < 1.29 is 9.47 Å². The molecule has 1 unspecified atom stereocenters. The lowest BCUT2D eigenvalue weighted by molar-refractivity contribution is 0.114. The van der Waals surface area contributed by atoms with Crippen molar-refractivity contribution in [2.45, 2.75) is 31.9 Å². The van der Waals surface area contributed by atoms with Gasteiger partial charge in [0, 0.05) is 29.6 Å². The first-order chi connectivity index (χ1) is 10.2. The molecule has 0 spiro atoms. The van der Waals surface area contributed by atoms with E-state index in [-0.39, 0.29) is 6.10 Å². The predicted octanol–water partition coefficient (Wildman–Crippen LogP) is 1.97. The molecule has 0 aliphatic carbocycles. The molecule has 5 nitrogen and oxygen atoms in total. The average Bonchev–Trinajstić information content (AvgIpc) is 3.13. The van der Waals surface area contributed by atoms with E-state index in [9.17, 15) is 0 Å². The van der Waals surface area contributed by atoms with Crippen LogP contribution >= 0.6 is 15.9 Å². The minimum Gasteiger partial charge on any atom is -0.493 e. The van der Waals surface area contributed by atoms with Gasteiger partial charge in [0.05, 0.1) is 19.3 Å². The molecule has 3 N–H and O–H groups in total. The standard InChI is InChI=1S/C15H20BrN3O2/c16-12-6-10-3-5-21-14(10)11(7-12)8-18-15(17)19-9-13-2-1-4-20-13/h6-7,13H,1-5,8-9H2,(H3,17,18,19). The maximum atomic E-state index is 5.91. The lowest BCUT2D eigenvalue weighted by Crippen LogP contribution is -2.37. The first kappa shape index (κ1) is 14.7. The minimum atomic E-state index is 0.261. The second-order valence-corrected chi connectivity index (χ2v) is 6.28. The van der Waals surface area contributed by atoms with E-state index in [0.29, 0.717) is 12.5 Å². The van der Waals surface area contributed by atoms with Gasteiger partial charge in [0.15, 0.2) is 5.96 Å². The molecule has 1 atom stereocenters. The molecule has 2 heterocycles. The molecule has 0 amide bonds. The average molecular weight is 354 g/mol. The monoisotopic (exact) mass is 353 g/mol. The zero-order valence-electron chi connectivity index (χ0n) is 11.9. The third kappa shape index (κ3) is 3.68. The molecule has 114 valence electrons. The van der Waals surface area contributed by atoms with Crippen LogP contribution in [0.2, 0.25) is 0 Å². The Hall–Kier alpha value is -1.27. The molecule has 1 fully saturated rings. The van der Waals surface area contributed by atoms with Crippen molar-refractivity contribution in [2.24, 2.45) is 10.7 Å². The van der Waals surface area contributed by atoms with E-state index in [1.165, 1.54) is 5.56 Å². The fourth-order valence-electron chi connectivity index (χ4n) is 2.71. The summed E-state index contributed by atoms with van der Waals surface area (Å²) in [4.78, 5) is 4.40. The third-order valence-electron chi connectivity index (χ3n) is 3.78. The summed E-state index contributed by atoms with van der Waals surface area (Å²) in [5.41, 5.74) is 8.22. The summed E-state index contributed by atoms with van der Waals surface area (Å²) in [6.45, 7) is 2.84. The van der Waals surface area contributed by atoms with Crippen LogP contribution in [0.1, 0.15) is 24.0 Å². The summed E-state index contributed by atoms with van der Waals surface area (Å²) < 4.78 is 12.3. The molecule has 0 radical (unpaired) electrons. The lowest BCUT2D eigenvalue weighted by atomic mass is 10.1. The fraction of sp³-hybridized carbons (Fsp3) is 0.533. The largest absolute Gasteiger partial charge is 0.493 e. The normalized spacial score (nSPS) is 21.2. The highest BCUT2D eigenvalue weighted by atomic mass is 79.9. The van der Waals surface area contributed by atoms with E-state index in [1.54, 1.807) is 0 Å². The SMILES string of the molecule is NC(=NCc1cc(Br)cc2c1OCC2)NCC1CCCO1. The van der Waals surface area contributed by atoms with Crippen LogP contribution in [0.25, 0.3) is 0 Å². The van der Waals surface area contributed by atoms with E-state index in [4.69, 9.17) is 15.2 Å². The highest BCUT2D eigenvalue weighted by molar-refractivity contribution is 9.10. The van der Waals surface area contributed by atoms with Gasteiger partial charge in [-0.1, -0.05) is 15.9 Å². The number of guanidine groups is 1. The van der Waals surface area contributed by atoms with Gasteiger partial charge in [-0.15, -0.1) is 0 Å². The molecular formula is C15H20BrN3O2. The van der Waals surface area contributed by atoms with Crippen molar-refractivity contribution in [1.29, 1.82) is 0 Å². The highest BCUT2D eigenvalue weighted by Crippen LogP contribution is 2.33. The van der Waals surface area contributed by atoms with Crippen LogP contribution in [0.4, 0.5) is 0 Å². The van der Waals surface area contributed by atoms with E-state index in [1.807, 2.05) is 6.07 Å². The van der Waals surface area contributed by atoms with Gasteiger partial charge in [-0.25, -0.2) is 4.99 Å². The molecule has 2 aliphatic heterocycles. The predicted molar refractivity (Wildman–Crippen MR) is 85.6 cm³/mol. The molecule has 1 aromatic rings. The Bertz CT molecular complexity index is 542. The van der Waals surface area contributed by atoms with Crippen LogP contribution < -0.4 is 15.8 Å². The Balaban J connectivity index is 1.59. The number of aliphatic imine (C=N–C) groups is 1. The molecule has 0 bridgehead atoms. The van der Waals surface area contributed by atoms with Crippen molar-refractivity contribution in [3.8, 4) is 5.75 Å². The maximum absolute atomic E-state index is 5.91. The molecule has 0 aromatic heterocycles. The summed E-state index contributed by atoms with van der Waals surface area (Å²) in [7, 11) is 0. The number of halogens is 1. The van der Waals surface area contributed by atoms with Gasteiger partial charge < -0.3 is 20.5 Å². The second kappa shape index (κ2) is 6.66. The van der Waals surface area contributed by atoms with Gasteiger partial charge in [-0.3, -0.25) is 0 Å². The maximum Gasteiger partial charge on any atom is 0.189 e. The Morgan fingerprint density at radius 1 is 1.43 bits per heavy atom. The van der Waals surface area contributed by atoms with Gasteiger partial charge in [0.1, 0.15) is 5.75 Å². The molecule has 21 heavy (non-hydrogen) atoms. The van der Waals surface area contributed by atoms with Crippen LogP contribution in [-0.2, 0) is 17.7 Å². The van der Waals surface area contributed by atoms with Crippen molar-refractivity contribution in [1.82, 2.24) is 5.32 Å². The summed E-state index contributed by atoms with van der Waals surface area (Å²) in [5, 5.41) is 3.13. The number of nitrogens with one attached hydrogen (secondary N) is 1. The molecule has 1 aromatic carbocycles. The molecule has 2 aliphatic rings. The van der Waals surface area contributed by atoms with E-state index < -0.39 is 0 Å². The van der Waals surface area contributed by atoms with Crippen molar-refractivity contribution in [3.63, 3.8) is 0 Å². The van der Waals surface area contributed by atoms with Crippen LogP contribution in [0, 0.1) is 0 Å². The zero-order valence-corrected chi connectivity index (χ0v) is 13.5. The number of ether oxygens (including phenoxy) is 2. The number of benzene rings is 1. The van der Waals surface area contributed by atoms with Crippen molar-refractivity contribution in [3.05, 3.63) is 27.7 Å². The van der Waals surface area contributed by atoms with Gasteiger partial charge in [0.25, 0.3) is 0 Å². The Kier molecular flexibility index (Phi) is 4.65. The number of fused-ring (bicyclic) bond motifs is 1. The Labute approximate surface area is 133 Å². The topological polar surface area (TPSA) is 68.9 Å². The number of hydrogen-bond donors (Lipinski definition) is 2. The fourth-order valence-corrected chi connectivity index (χ4v) is 3.27. The first-order valence-corrected chi connectivity index (χ1v) is 8.11. The molecule has 1 saturated heterocycles. The number of nitrogens with two attached hydrogens (primary N) is 1. The second-order valence-electron chi connectivity index (χ2n) is 5.37. The van der Waals surface area contributed by atoms with Crippen LogP contribution in [-0.4, -0.2) is 31.8 Å². The Morgan fingerprint density at radius 3 is 3.14 bits per heavy atom. The summed E-state index contributed by atoms with van der Waals surface area (Å²) >= 11 is 3.53. The van der Waals surface area contributed by atoms with Gasteiger partial charge >= 0.3 is 0 Å². The van der Waals surface area contributed by atoms with E-state index in [2.05, 4.69) is 32.3 Å². The summed E-state index contributed by atoms with van der Waals surface area (Å²) in [6, 6.07) is 4.15. The Morgan fingerprint density at radius 2 is 2.33 bits per heavy atom.